The number of nitrogens with zero attached hydrogens (tertiary/aromatic N) is 2. The summed E-state index contributed by atoms with van der Waals surface area (Å²) in [5.74, 6) is 1.55. The van der Waals surface area contributed by atoms with Gasteiger partial charge in [-0.3, -0.25) is 9.69 Å². The monoisotopic (exact) mass is 412 g/mol. The van der Waals surface area contributed by atoms with Gasteiger partial charge in [-0.05, 0) is 50.1 Å². The van der Waals surface area contributed by atoms with Crippen LogP contribution in [-0.2, 0) is 10.5 Å². The molecule has 146 valence electrons. The number of carbonyl (C=O) groups is 1. The molecule has 2 aromatic carbocycles. The Hall–Kier alpha value is -2.31. The number of anilines is 2. The third kappa shape index (κ3) is 4.56. The van der Waals surface area contributed by atoms with Crippen LogP contribution in [0.2, 0.25) is 0 Å². The Balaban J connectivity index is 1.83. The predicted octanol–water partition coefficient (Wildman–Crippen LogP) is 6.05. The number of amides is 1. The molecule has 0 aliphatic rings. The van der Waals surface area contributed by atoms with Crippen LogP contribution in [0.25, 0.3) is 0 Å². The molecule has 0 fully saturated rings. The maximum Gasteiger partial charge on any atom is 0.230 e. The van der Waals surface area contributed by atoms with Gasteiger partial charge in [-0.1, -0.05) is 23.8 Å². The standard InChI is InChI=1S/C22H24N2O2S2/c1-14-9-15(2)21(16(3)10-14)24(17(4)25)22-23-18(13-28-22)12-27-20-8-6-7-19(11-20)26-5/h6-11,13H,12H2,1-5H3. The van der Waals surface area contributed by atoms with Crippen LogP contribution in [0.5, 0.6) is 5.75 Å². The van der Waals surface area contributed by atoms with Crippen LogP contribution in [0.4, 0.5) is 10.8 Å². The minimum Gasteiger partial charge on any atom is -0.497 e. The molecule has 3 rings (SSSR count). The summed E-state index contributed by atoms with van der Waals surface area (Å²) in [6.45, 7) is 7.74. The van der Waals surface area contributed by atoms with Gasteiger partial charge in [-0.25, -0.2) is 4.98 Å². The zero-order valence-corrected chi connectivity index (χ0v) is 18.4. The van der Waals surface area contributed by atoms with Gasteiger partial charge in [0.1, 0.15) is 5.75 Å². The van der Waals surface area contributed by atoms with E-state index in [1.165, 1.54) is 16.9 Å². The average molecular weight is 413 g/mol. The maximum atomic E-state index is 12.5. The second-order valence-corrected chi connectivity index (χ2v) is 8.58. The summed E-state index contributed by atoms with van der Waals surface area (Å²) in [6.07, 6.45) is 0. The quantitative estimate of drug-likeness (QED) is 0.462. The van der Waals surface area contributed by atoms with Crippen LogP contribution in [0.1, 0.15) is 29.3 Å². The van der Waals surface area contributed by atoms with E-state index in [1.807, 2.05) is 37.4 Å². The first-order chi connectivity index (χ1) is 13.4. The molecule has 0 radical (unpaired) electrons. The molecule has 0 saturated heterocycles. The zero-order valence-electron chi connectivity index (χ0n) is 16.8. The molecule has 0 spiro atoms. The van der Waals surface area contributed by atoms with E-state index in [0.717, 1.165) is 38.9 Å². The van der Waals surface area contributed by atoms with E-state index in [9.17, 15) is 4.79 Å². The molecule has 4 nitrogen and oxygen atoms in total. The molecule has 6 heteroatoms. The number of aromatic nitrogens is 1. The van der Waals surface area contributed by atoms with E-state index >= 15 is 0 Å². The topological polar surface area (TPSA) is 42.4 Å². The number of hydrogen-bond acceptors (Lipinski definition) is 5. The van der Waals surface area contributed by atoms with Crippen molar-refractivity contribution in [1.82, 2.24) is 4.98 Å². The molecule has 0 unspecified atom stereocenters. The van der Waals surface area contributed by atoms with E-state index < -0.39 is 0 Å². The third-order valence-corrected chi connectivity index (χ3v) is 6.23. The molecular formula is C22H24N2O2S2. The highest BCUT2D eigenvalue weighted by molar-refractivity contribution is 7.98. The SMILES string of the molecule is COc1cccc(SCc2csc(N(C(C)=O)c3c(C)cc(C)cc3C)n2)c1. The van der Waals surface area contributed by atoms with Crippen LogP contribution in [0.3, 0.4) is 0 Å². The first-order valence-electron chi connectivity index (χ1n) is 8.99. The Bertz CT molecular complexity index is 975. The Morgan fingerprint density at radius 1 is 1.18 bits per heavy atom. The molecule has 1 amide bonds. The third-order valence-electron chi connectivity index (χ3n) is 4.33. The van der Waals surface area contributed by atoms with Crippen molar-refractivity contribution in [2.75, 3.05) is 12.0 Å². The molecule has 0 aliphatic carbocycles. The molecule has 0 saturated carbocycles. The lowest BCUT2D eigenvalue weighted by atomic mass is 10.0. The fraction of sp³-hybridized carbons (Fsp3) is 0.273. The van der Waals surface area contributed by atoms with Crippen molar-refractivity contribution in [1.29, 1.82) is 0 Å². The normalized spacial score (nSPS) is 10.8. The van der Waals surface area contributed by atoms with E-state index in [1.54, 1.807) is 30.7 Å². The average Bonchev–Trinajstić information content (AvgIpc) is 3.11. The molecule has 0 N–H and O–H groups in total. The number of benzene rings is 2. The fourth-order valence-electron chi connectivity index (χ4n) is 3.23. The summed E-state index contributed by atoms with van der Waals surface area (Å²) < 4.78 is 5.28. The van der Waals surface area contributed by atoms with Gasteiger partial charge in [-0.2, -0.15) is 0 Å². The Kier molecular flexibility index (Phi) is 6.42. The number of hydrogen-bond donors (Lipinski definition) is 0. The summed E-state index contributed by atoms with van der Waals surface area (Å²) in [6, 6.07) is 12.2. The first-order valence-corrected chi connectivity index (χ1v) is 10.9. The van der Waals surface area contributed by atoms with Gasteiger partial charge in [0, 0.05) is 23.0 Å². The molecule has 28 heavy (non-hydrogen) atoms. The Labute approximate surface area is 174 Å². The van der Waals surface area contributed by atoms with Crippen molar-refractivity contribution in [3.05, 3.63) is 64.2 Å². The van der Waals surface area contributed by atoms with Gasteiger partial charge < -0.3 is 4.74 Å². The summed E-state index contributed by atoms with van der Waals surface area (Å²) in [7, 11) is 1.67. The Morgan fingerprint density at radius 3 is 2.54 bits per heavy atom. The molecule has 1 heterocycles. The second-order valence-electron chi connectivity index (χ2n) is 6.69. The molecule has 0 aliphatic heterocycles. The largest absolute Gasteiger partial charge is 0.497 e. The zero-order chi connectivity index (χ0) is 20.3. The summed E-state index contributed by atoms with van der Waals surface area (Å²) in [4.78, 5) is 20.1. The number of rotatable bonds is 6. The van der Waals surface area contributed by atoms with Gasteiger partial charge >= 0.3 is 0 Å². The van der Waals surface area contributed by atoms with Gasteiger partial charge in [0.15, 0.2) is 5.13 Å². The van der Waals surface area contributed by atoms with Crippen molar-refractivity contribution in [3.63, 3.8) is 0 Å². The lowest BCUT2D eigenvalue weighted by Crippen LogP contribution is -2.24. The van der Waals surface area contributed by atoms with Gasteiger partial charge in [0.2, 0.25) is 5.91 Å². The first kappa shape index (κ1) is 20.4. The van der Waals surface area contributed by atoms with Crippen molar-refractivity contribution in [2.24, 2.45) is 0 Å². The van der Waals surface area contributed by atoms with E-state index in [2.05, 4.69) is 25.1 Å². The van der Waals surface area contributed by atoms with E-state index in [-0.39, 0.29) is 5.91 Å². The number of thiazole rings is 1. The molecule has 0 bridgehead atoms. The molecule has 0 atom stereocenters. The number of thioether (sulfide) groups is 1. The number of ether oxygens (including phenoxy) is 1. The molecule has 3 aromatic rings. The fourth-order valence-corrected chi connectivity index (χ4v) is 5.04. The van der Waals surface area contributed by atoms with Crippen LogP contribution >= 0.6 is 23.1 Å². The molecule has 1 aromatic heterocycles. The van der Waals surface area contributed by atoms with Crippen LogP contribution in [-0.4, -0.2) is 18.0 Å². The maximum absolute atomic E-state index is 12.5. The van der Waals surface area contributed by atoms with Crippen LogP contribution < -0.4 is 9.64 Å². The number of aryl methyl sites for hydroxylation is 3. The van der Waals surface area contributed by atoms with E-state index in [0.29, 0.717) is 5.13 Å². The highest BCUT2D eigenvalue weighted by Gasteiger charge is 2.21. The van der Waals surface area contributed by atoms with Crippen LogP contribution in [0.15, 0.2) is 46.7 Å². The predicted molar refractivity (Wildman–Crippen MR) is 118 cm³/mol. The van der Waals surface area contributed by atoms with Crippen LogP contribution in [0, 0.1) is 20.8 Å². The van der Waals surface area contributed by atoms with Gasteiger partial charge in [0.25, 0.3) is 0 Å². The van der Waals surface area contributed by atoms with Gasteiger partial charge in [-0.15, -0.1) is 23.1 Å². The van der Waals surface area contributed by atoms with Crippen molar-refractivity contribution < 1.29 is 9.53 Å². The smallest absolute Gasteiger partial charge is 0.230 e. The lowest BCUT2D eigenvalue weighted by Gasteiger charge is -2.23. The minimum atomic E-state index is -0.0311. The summed E-state index contributed by atoms with van der Waals surface area (Å²) >= 11 is 3.20. The highest BCUT2D eigenvalue weighted by Crippen LogP contribution is 2.35. The highest BCUT2D eigenvalue weighted by atomic mass is 32.2. The minimum absolute atomic E-state index is 0.0311. The van der Waals surface area contributed by atoms with E-state index in [4.69, 9.17) is 9.72 Å². The van der Waals surface area contributed by atoms with Crippen molar-refractivity contribution in [2.45, 2.75) is 38.3 Å². The summed E-state index contributed by atoms with van der Waals surface area (Å²) in [5.41, 5.74) is 5.24. The number of carbonyl (C=O) groups excluding carboxylic acids is 1. The molecular weight excluding hydrogens is 388 g/mol. The second kappa shape index (κ2) is 8.80. The lowest BCUT2D eigenvalue weighted by molar-refractivity contribution is -0.115. The van der Waals surface area contributed by atoms with Gasteiger partial charge in [0.05, 0.1) is 18.5 Å². The Morgan fingerprint density at radius 2 is 1.89 bits per heavy atom. The van der Waals surface area contributed by atoms with Crippen molar-refractivity contribution >= 4 is 39.8 Å². The van der Waals surface area contributed by atoms with Crippen molar-refractivity contribution in [3.8, 4) is 5.75 Å². The number of methoxy groups -OCH3 is 1. The summed E-state index contributed by atoms with van der Waals surface area (Å²) in [5, 5.41) is 2.74.